The van der Waals surface area contributed by atoms with Crippen LogP contribution < -0.4 is 14.8 Å². The molecule has 0 fully saturated rings. The number of fused-ring (bicyclic) bond motifs is 1. The maximum absolute atomic E-state index is 13.0. The van der Waals surface area contributed by atoms with Gasteiger partial charge in [0.25, 0.3) is 10.0 Å². The summed E-state index contributed by atoms with van der Waals surface area (Å²) in [5.74, 6) is 0.580. The van der Waals surface area contributed by atoms with Crippen LogP contribution in [0.4, 0.5) is 11.8 Å². The Morgan fingerprint density at radius 3 is 2.46 bits per heavy atom. The summed E-state index contributed by atoms with van der Waals surface area (Å²) in [7, 11) is -1.09. The smallest absolute Gasteiger partial charge is 0.305 e. The molecule has 4 rings (SSSR count). The molecule has 2 aromatic heterocycles. The maximum Gasteiger partial charge on any atom is 0.305 e. The van der Waals surface area contributed by atoms with E-state index in [0.717, 1.165) is 5.56 Å². The molecule has 0 unspecified atom stereocenters. The number of hydrogen-bond donors (Lipinski definition) is 2. The molecule has 0 saturated carbocycles. The van der Waals surface area contributed by atoms with Crippen LogP contribution in [0, 0.1) is 0 Å². The SMILES string of the molecule is COC(=O)CCCCNc1nc(NS(=O)(=O)c2ccc(OC)cc2)nc2c1ncn2Cc1ccccc1. The summed E-state index contributed by atoms with van der Waals surface area (Å²) >= 11 is 0. The normalized spacial score (nSPS) is 11.3. The van der Waals surface area contributed by atoms with E-state index in [-0.39, 0.29) is 16.8 Å². The number of nitrogens with one attached hydrogen (secondary N) is 2. The van der Waals surface area contributed by atoms with Gasteiger partial charge in [0, 0.05) is 13.0 Å². The molecule has 0 bridgehead atoms. The third-order valence-electron chi connectivity index (χ3n) is 5.58. The van der Waals surface area contributed by atoms with Gasteiger partial charge in [-0.1, -0.05) is 30.3 Å². The van der Waals surface area contributed by atoms with Gasteiger partial charge in [-0.25, -0.2) is 18.1 Å². The lowest BCUT2D eigenvalue weighted by Crippen LogP contribution is -2.16. The Kier molecular flexibility index (Phi) is 8.18. The highest BCUT2D eigenvalue weighted by atomic mass is 32.2. The van der Waals surface area contributed by atoms with Crippen LogP contribution in [0.15, 0.2) is 65.8 Å². The summed E-state index contributed by atoms with van der Waals surface area (Å²) in [6, 6.07) is 15.8. The summed E-state index contributed by atoms with van der Waals surface area (Å²) in [6.45, 7) is 0.997. The topological polar surface area (TPSA) is 137 Å². The molecule has 2 N–H and O–H groups in total. The van der Waals surface area contributed by atoms with Gasteiger partial charge >= 0.3 is 5.97 Å². The van der Waals surface area contributed by atoms with Crippen LogP contribution in [-0.2, 0) is 26.1 Å². The largest absolute Gasteiger partial charge is 0.497 e. The molecule has 194 valence electrons. The number of carbonyl (C=O) groups is 1. The van der Waals surface area contributed by atoms with E-state index in [9.17, 15) is 13.2 Å². The number of sulfonamides is 1. The highest BCUT2D eigenvalue weighted by Crippen LogP contribution is 2.24. The number of imidazole rings is 1. The van der Waals surface area contributed by atoms with E-state index in [1.54, 1.807) is 18.5 Å². The number of carbonyl (C=O) groups excluding carboxylic acids is 1. The number of benzene rings is 2. The van der Waals surface area contributed by atoms with Gasteiger partial charge in [-0.15, -0.1) is 0 Å². The van der Waals surface area contributed by atoms with Gasteiger partial charge in [0.05, 0.1) is 32.0 Å². The average molecular weight is 525 g/mol. The summed E-state index contributed by atoms with van der Waals surface area (Å²) < 4.78 is 40.2. The number of hydrogen-bond acceptors (Lipinski definition) is 9. The van der Waals surface area contributed by atoms with Crippen molar-refractivity contribution in [2.75, 3.05) is 30.8 Å². The van der Waals surface area contributed by atoms with E-state index in [2.05, 4.69) is 29.7 Å². The summed E-state index contributed by atoms with van der Waals surface area (Å²) in [5, 5.41) is 3.21. The lowest BCUT2D eigenvalue weighted by atomic mass is 10.2. The van der Waals surface area contributed by atoms with Gasteiger partial charge in [-0.3, -0.25) is 4.79 Å². The van der Waals surface area contributed by atoms with E-state index in [1.807, 2.05) is 34.9 Å². The predicted octanol–water partition coefficient (Wildman–Crippen LogP) is 3.44. The highest BCUT2D eigenvalue weighted by Gasteiger charge is 2.19. The van der Waals surface area contributed by atoms with Crippen molar-refractivity contribution in [2.24, 2.45) is 0 Å². The fraction of sp³-hybridized carbons (Fsp3) is 0.280. The van der Waals surface area contributed by atoms with Crippen molar-refractivity contribution in [1.29, 1.82) is 0 Å². The first-order valence-electron chi connectivity index (χ1n) is 11.6. The van der Waals surface area contributed by atoms with E-state index < -0.39 is 10.0 Å². The van der Waals surface area contributed by atoms with Crippen LogP contribution >= 0.6 is 0 Å². The number of unbranched alkanes of at least 4 members (excludes halogenated alkanes) is 1. The number of nitrogens with zero attached hydrogens (tertiary/aromatic N) is 4. The molecule has 0 aliphatic rings. The Morgan fingerprint density at radius 1 is 1.00 bits per heavy atom. The minimum Gasteiger partial charge on any atom is -0.497 e. The van der Waals surface area contributed by atoms with Crippen LogP contribution in [0.1, 0.15) is 24.8 Å². The van der Waals surface area contributed by atoms with Gasteiger partial charge in [0.2, 0.25) is 5.95 Å². The lowest BCUT2D eigenvalue weighted by molar-refractivity contribution is -0.140. The van der Waals surface area contributed by atoms with Crippen molar-refractivity contribution in [1.82, 2.24) is 19.5 Å². The molecule has 37 heavy (non-hydrogen) atoms. The van der Waals surface area contributed by atoms with Crippen molar-refractivity contribution in [3.05, 3.63) is 66.5 Å². The van der Waals surface area contributed by atoms with E-state index in [0.29, 0.717) is 55.1 Å². The highest BCUT2D eigenvalue weighted by molar-refractivity contribution is 7.92. The average Bonchev–Trinajstić information content (AvgIpc) is 3.31. The molecular weight excluding hydrogens is 496 g/mol. The zero-order chi connectivity index (χ0) is 26.3. The predicted molar refractivity (Wildman–Crippen MR) is 139 cm³/mol. The molecule has 0 aliphatic heterocycles. The molecule has 0 radical (unpaired) electrons. The van der Waals surface area contributed by atoms with Crippen LogP contribution in [0.2, 0.25) is 0 Å². The monoisotopic (exact) mass is 524 g/mol. The van der Waals surface area contributed by atoms with Crippen LogP contribution in [-0.4, -0.2) is 54.7 Å². The molecule has 4 aromatic rings. The Morgan fingerprint density at radius 2 is 1.76 bits per heavy atom. The van der Waals surface area contributed by atoms with Gasteiger partial charge in [0.1, 0.15) is 5.75 Å². The fourth-order valence-electron chi connectivity index (χ4n) is 3.65. The Bertz CT molecular complexity index is 1460. The first-order valence-corrected chi connectivity index (χ1v) is 13.1. The molecule has 0 atom stereocenters. The van der Waals surface area contributed by atoms with Crippen LogP contribution in [0.3, 0.4) is 0 Å². The molecular formula is C25H28N6O5S. The molecule has 0 spiro atoms. The van der Waals surface area contributed by atoms with Crippen LogP contribution in [0.5, 0.6) is 5.75 Å². The summed E-state index contributed by atoms with van der Waals surface area (Å²) in [5.41, 5.74) is 2.03. The third-order valence-corrected chi connectivity index (χ3v) is 6.93. The number of esters is 1. The number of anilines is 2. The van der Waals surface area contributed by atoms with Gasteiger partial charge in [-0.2, -0.15) is 9.97 Å². The fourth-order valence-corrected chi connectivity index (χ4v) is 4.59. The van der Waals surface area contributed by atoms with E-state index >= 15 is 0 Å². The third kappa shape index (κ3) is 6.53. The quantitative estimate of drug-likeness (QED) is 0.211. The molecule has 12 heteroatoms. The molecule has 0 aliphatic carbocycles. The molecule has 11 nitrogen and oxygen atoms in total. The summed E-state index contributed by atoms with van der Waals surface area (Å²) in [4.78, 5) is 24.8. The zero-order valence-electron chi connectivity index (χ0n) is 20.5. The van der Waals surface area contributed by atoms with Crippen molar-refractivity contribution in [2.45, 2.75) is 30.7 Å². The van der Waals surface area contributed by atoms with Crippen LogP contribution in [0.25, 0.3) is 11.2 Å². The number of ether oxygens (including phenoxy) is 2. The second-order valence-electron chi connectivity index (χ2n) is 8.17. The van der Waals surface area contributed by atoms with Crippen molar-refractivity contribution < 1.29 is 22.7 Å². The van der Waals surface area contributed by atoms with Gasteiger partial charge in [-0.05, 0) is 42.7 Å². The van der Waals surface area contributed by atoms with Crippen molar-refractivity contribution in [3.8, 4) is 5.75 Å². The number of methoxy groups -OCH3 is 2. The van der Waals surface area contributed by atoms with Crippen molar-refractivity contribution in [3.63, 3.8) is 0 Å². The first-order chi connectivity index (χ1) is 17.9. The van der Waals surface area contributed by atoms with Crippen molar-refractivity contribution >= 4 is 38.9 Å². The Hall–Kier alpha value is -4.19. The van der Waals surface area contributed by atoms with E-state index in [4.69, 9.17) is 4.74 Å². The molecule has 0 amide bonds. The van der Waals surface area contributed by atoms with Gasteiger partial charge in [0.15, 0.2) is 17.0 Å². The first kappa shape index (κ1) is 25.9. The minimum atomic E-state index is -3.96. The molecule has 2 heterocycles. The standard InChI is InChI=1S/C25H28N6O5S/c1-35-19-11-13-20(14-12-19)37(33,34)30-25-28-23(26-15-7-6-10-21(32)36-2)22-24(29-25)31(17-27-22)16-18-8-4-3-5-9-18/h3-5,8-9,11-14,17H,6-7,10,15-16H2,1-2H3,(H2,26,28,29,30). The van der Waals surface area contributed by atoms with E-state index in [1.165, 1.54) is 26.4 Å². The Balaban J connectivity index is 1.62. The molecule has 0 saturated heterocycles. The summed E-state index contributed by atoms with van der Waals surface area (Å²) in [6.07, 6.45) is 3.28. The second kappa shape index (κ2) is 11.7. The Labute approximate surface area is 214 Å². The maximum atomic E-state index is 13.0. The molecule has 2 aromatic carbocycles. The minimum absolute atomic E-state index is 0.0482. The van der Waals surface area contributed by atoms with Gasteiger partial charge < -0.3 is 19.4 Å². The zero-order valence-corrected chi connectivity index (χ0v) is 21.4. The number of aromatic nitrogens is 4. The lowest BCUT2D eigenvalue weighted by Gasteiger charge is -2.12. The second-order valence-corrected chi connectivity index (χ2v) is 9.85. The number of rotatable bonds is 12.